The van der Waals surface area contributed by atoms with Crippen LogP contribution in [-0.4, -0.2) is 9.78 Å². The van der Waals surface area contributed by atoms with Gasteiger partial charge < -0.3 is 0 Å². The molecule has 0 aliphatic carbocycles. The zero-order valence-electron chi connectivity index (χ0n) is 9.19. The predicted octanol–water partition coefficient (Wildman–Crippen LogP) is 2.31. The number of aromatic nitrogens is 2. The Bertz CT molecular complexity index is 590. The molecule has 0 aliphatic heterocycles. The van der Waals surface area contributed by atoms with Crippen LogP contribution in [0.15, 0.2) is 47.4 Å². The minimum atomic E-state index is -4.79. The summed E-state index contributed by atoms with van der Waals surface area (Å²) in [4.78, 5) is 11.6. The Morgan fingerprint density at radius 2 is 1.78 bits per heavy atom. The third-order valence-electron chi connectivity index (χ3n) is 2.40. The number of halogens is 3. The molecule has 0 bridgehead atoms. The van der Waals surface area contributed by atoms with Crippen molar-refractivity contribution in [2.24, 2.45) is 0 Å². The predicted molar refractivity (Wildman–Crippen MR) is 59.0 cm³/mol. The SMILES string of the molecule is O=c1c(Cc2ccccc2)ccnn1C(F)(F)F. The van der Waals surface area contributed by atoms with Crippen LogP contribution in [0.5, 0.6) is 0 Å². The molecule has 1 aromatic carbocycles. The fourth-order valence-corrected chi connectivity index (χ4v) is 1.58. The van der Waals surface area contributed by atoms with E-state index >= 15 is 0 Å². The maximum atomic E-state index is 12.5. The second-order valence-electron chi connectivity index (χ2n) is 3.70. The summed E-state index contributed by atoms with van der Waals surface area (Å²) in [5, 5.41) is 3.03. The van der Waals surface area contributed by atoms with Crippen LogP contribution in [0.4, 0.5) is 13.2 Å². The van der Waals surface area contributed by atoms with Gasteiger partial charge in [0.25, 0.3) is 5.56 Å². The Labute approximate surface area is 100 Å². The van der Waals surface area contributed by atoms with E-state index in [0.717, 1.165) is 11.8 Å². The van der Waals surface area contributed by atoms with E-state index in [1.807, 2.05) is 0 Å². The molecule has 2 aromatic rings. The van der Waals surface area contributed by atoms with Gasteiger partial charge in [-0.25, -0.2) is 0 Å². The molecule has 0 amide bonds. The van der Waals surface area contributed by atoms with Crippen LogP contribution in [0.25, 0.3) is 0 Å². The lowest BCUT2D eigenvalue weighted by Crippen LogP contribution is -2.34. The molecule has 0 fully saturated rings. The van der Waals surface area contributed by atoms with Crippen LogP contribution in [-0.2, 0) is 12.7 Å². The number of hydrogen-bond acceptors (Lipinski definition) is 2. The van der Waals surface area contributed by atoms with Crippen molar-refractivity contribution in [3.63, 3.8) is 0 Å². The van der Waals surface area contributed by atoms with E-state index in [1.54, 1.807) is 30.3 Å². The molecular formula is C12H9F3N2O. The van der Waals surface area contributed by atoms with Crippen molar-refractivity contribution in [3.05, 3.63) is 64.1 Å². The minimum Gasteiger partial charge on any atom is -0.267 e. The average Bonchev–Trinajstić information content (AvgIpc) is 2.32. The Kier molecular flexibility index (Phi) is 3.18. The number of hydrogen-bond donors (Lipinski definition) is 0. The summed E-state index contributed by atoms with van der Waals surface area (Å²) in [5.41, 5.74) is -0.295. The number of benzene rings is 1. The summed E-state index contributed by atoms with van der Waals surface area (Å²) in [7, 11) is 0. The molecule has 0 spiro atoms. The molecule has 3 nitrogen and oxygen atoms in total. The molecule has 94 valence electrons. The number of alkyl halides is 3. The first-order valence-electron chi connectivity index (χ1n) is 5.17. The molecule has 1 heterocycles. The van der Waals surface area contributed by atoms with Gasteiger partial charge in [0.2, 0.25) is 0 Å². The van der Waals surface area contributed by atoms with Crippen LogP contribution < -0.4 is 5.56 Å². The van der Waals surface area contributed by atoms with Gasteiger partial charge in [-0.3, -0.25) is 4.79 Å². The summed E-state index contributed by atoms with van der Waals surface area (Å²) in [6, 6.07) is 10.1. The normalized spacial score (nSPS) is 11.5. The Morgan fingerprint density at radius 1 is 1.11 bits per heavy atom. The average molecular weight is 254 g/mol. The molecule has 6 heteroatoms. The van der Waals surface area contributed by atoms with E-state index in [-0.39, 0.29) is 12.0 Å². The van der Waals surface area contributed by atoms with Gasteiger partial charge in [-0.05, 0) is 11.6 Å². The van der Waals surface area contributed by atoms with Crippen LogP contribution >= 0.6 is 0 Å². The highest BCUT2D eigenvalue weighted by atomic mass is 19.4. The molecule has 0 saturated carbocycles. The lowest BCUT2D eigenvalue weighted by atomic mass is 10.1. The summed E-state index contributed by atoms with van der Waals surface area (Å²) in [6.07, 6.45) is -3.66. The lowest BCUT2D eigenvalue weighted by Gasteiger charge is -2.09. The summed E-state index contributed by atoms with van der Waals surface area (Å²) in [6.45, 7) is 0. The smallest absolute Gasteiger partial charge is 0.267 e. The van der Waals surface area contributed by atoms with Gasteiger partial charge in [0, 0.05) is 18.2 Å². The first kappa shape index (κ1) is 12.3. The zero-order valence-corrected chi connectivity index (χ0v) is 9.19. The minimum absolute atomic E-state index is 0.0634. The third kappa shape index (κ3) is 2.58. The number of nitrogens with zero attached hydrogens (tertiary/aromatic N) is 2. The van der Waals surface area contributed by atoms with Gasteiger partial charge in [-0.2, -0.15) is 5.10 Å². The first-order valence-corrected chi connectivity index (χ1v) is 5.17. The first-order chi connectivity index (χ1) is 8.48. The van der Waals surface area contributed by atoms with E-state index in [2.05, 4.69) is 5.10 Å². The van der Waals surface area contributed by atoms with Gasteiger partial charge in [-0.1, -0.05) is 30.3 Å². The summed E-state index contributed by atoms with van der Waals surface area (Å²) < 4.78 is 37.0. The van der Waals surface area contributed by atoms with E-state index in [4.69, 9.17) is 0 Å². The van der Waals surface area contributed by atoms with Crippen molar-refractivity contribution >= 4 is 0 Å². The van der Waals surface area contributed by atoms with Crippen LogP contribution in [0.2, 0.25) is 0 Å². The quantitative estimate of drug-likeness (QED) is 0.824. The van der Waals surface area contributed by atoms with Gasteiger partial charge in [0.05, 0.1) is 0 Å². The number of rotatable bonds is 2. The molecule has 1 aromatic heterocycles. The molecule has 0 unspecified atom stereocenters. The second-order valence-corrected chi connectivity index (χ2v) is 3.70. The summed E-state index contributed by atoms with van der Waals surface area (Å²) >= 11 is 0. The van der Waals surface area contributed by atoms with E-state index in [1.165, 1.54) is 6.07 Å². The second kappa shape index (κ2) is 4.64. The Morgan fingerprint density at radius 3 is 2.39 bits per heavy atom. The van der Waals surface area contributed by atoms with E-state index in [9.17, 15) is 18.0 Å². The molecule has 0 saturated heterocycles. The van der Waals surface area contributed by atoms with Crippen molar-refractivity contribution in [2.45, 2.75) is 12.7 Å². The molecule has 0 N–H and O–H groups in total. The molecular weight excluding hydrogens is 245 g/mol. The lowest BCUT2D eigenvalue weighted by molar-refractivity contribution is -0.215. The highest BCUT2D eigenvalue weighted by Gasteiger charge is 2.33. The van der Waals surface area contributed by atoms with E-state index < -0.39 is 16.5 Å². The van der Waals surface area contributed by atoms with Crippen molar-refractivity contribution in [2.75, 3.05) is 0 Å². The topological polar surface area (TPSA) is 34.9 Å². The van der Waals surface area contributed by atoms with Crippen molar-refractivity contribution in [3.8, 4) is 0 Å². The standard InChI is InChI=1S/C12H9F3N2O/c13-12(14,15)17-11(18)10(6-7-16-17)8-9-4-2-1-3-5-9/h1-7H,8H2. The van der Waals surface area contributed by atoms with Crippen LogP contribution in [0, 0.1) is 0 Å². The molecule has 0 aliphatic rings. The highest BCUT2D eigenvalue weighted by molar-refractivity contribution is 5.23. The van der Waals surface area contributed by atoms with Gasteiger partial charge in [0.1, 0.15) is 0 Å². The Balaban J connectivity index is 2.39. The third-order valence-corrected chi connectivity index (χ3v) is 2.40. The molecule has 2 rings (SSSR count). The largest absolute Gasteiger partial charge is 0.507 e. The van der Waals surface area contributed by atoms with Crippen LogP contribution in [0.1, 0.15) is 11.1 Å². The van der Waals surface area contributed by atoms with Crippen molar-refractivity contribution in [1.29, 1.82) is 0 Å². The Hall–Kier alpha value is -2.11. The zero-order chi connectivity index (χ0) is 13.2. The monoisotopic (exact) mass is 254 g/mol. The van der Waals surface area contributed by atoms with E-state index in [0.29, 0.717) is 0 Å². The van der Waals surface area contributed by atoms with Crippen molar-refractivity contribution < 1.29 is 13.2 Å². The molecule has 0 radical (unpaired) electrons. The molecule has 0 atom stereocenters. The van der Waals surface area contributed by atoms with Gasteiger partial charge in [0.15, 0.2) is 0 Å². The maximum absolute atomic E-state index is 12.5. The maximum Gasteiger partial charge on any atom is 0.507 e. The van der Waals surface area contributed by atoms with Gasteiger partial charge >= 0.3 is 6.30 Å². The van der Waals surface area contributed by atoms with Gasteiger partial charge in [-0.15, -0.1) is 17.9 Å². The van der Waals surface area contributed by atoms with Crippen molar-refractivity contribution in [1.82, 2.24) is 9.78 Å². The fraction of sp³-hybridized carbons (Fsp3) is 0.167. The molecule has 18 heavy (non-hydrogen) atoms. The highest BCUT2D eigenvalue weighted by Crippen LogP contribution is 2.18. The summed E-state index contributed by atoms with van der Waals surface area (Å²) in [5.74, 6) is 0. The fourth-order valence-electron chi connectivity index (χ4n) is 1.58. The van der Waals surface area contributed by atoms with Crippen LogP contribution in [0.3, 0.4) is 0 Å².